The van der Waals surface area contributed by atoms with Gasteiger partial charge in [0.15, 0.2) is 18.9 Å². The van der Waals surface area contributed by atoms with Crippen molar-refractivity contribution in [3.05, 3.63) is 99.8 Å². The largest absolute Gasteiger partial charge is 0.748 e. The van der Waals surface area contributed by atoms with E-state index in [4.69, 9.17) is 0 Å². The van der Waals surface area contributed by atoms with Crippen molar-refractivity contribution in [1.82, 2.24) is 0 Å². The Labute approximate surface area is 273 Å². The number of fused-ring (bicyclic) bond motifs is 2. The Hall–Kier alpha value is -3.07. The lowest BCUT2D eigenvalue weighted by molar-refractivity contribution is -0.668. The molecule has 0 amide bonds. The molecule has 5 rings (SSSR count). The van der Waals surface area contributed by atoms with E-state index in [9.17, 15) is 25.9 Å². The number of H-pyrrole nitrogens is 1. The van der Waals surface area contributed by atoms with Crippen molar-refractivity contribution in [3.8, 4) is 0 Å². The first-order chi connectivity index (χ1) is 21.3. The number of aromatic amines is 1. The standard InChI is InChI=1S/C27H32N2O6S4.C5H5N/c1-4-21(17-26-28(11-5-13-38(30,31)32)22-15-19(2)7-9-24(22)36-26)18-27-29(12-6-14-39(33,34)35)23-16-20(3)8-10-25(23)37-27;1-2-4-6-5-3-1/h7-10,15-18H,4-6,11-14H2,1-3H3,(H-,30,31,32,33,34,35);1-5H. The highest BCUT2D eigenvalue weighted by atomic mass is 32.2. The molecule has 0 unspecified atom stereocenters. The molecule has 1 aliphatic heterocycles. The second kappa shape index (κ2) is 15.5. The molecule has 9 nitrogen and oxygen atoms in total. The molecule has 0 radical (unpaired) electrons. The smallest absolute Gasteiger partial charge is 0.263 e. The summed E-state index contributed by atoms with van der Waals surface area (Å²) in [5, 5.41) is 1.90. The van der Waals surface area contributed by atoms with Crippen molar-refractivity contribution in [3.63, 3.8) is 0 Å². The average Bonchev–Trinajstić information content (AvgIpc) is 3.49. The third-order valence-electron chi connectivity index (χ3n) is 6.96. The normalized spacial score (nSPS) is 14.5. The number of hydrogen-bond donors (Lipinski definition) is 0. The van der Waals surface area contributed by atoms with Crippen LogP contribution in [0.2, 0.25) is 0 Å². The first-order valence-corrected chi connectivity index (χ1v) is 19.3. The molecule has 13 heteroatoms. The van der Waals surface area contributed by atoms with Crippen LogP contribution in [0.25, 0.3) is 16.3 Å². The molecule has 0 bridgehead atoms. The maximum atomic E-state index is 11.2. The number of nitrogens with one attached hydrogen (secondary N) is 1. The van der Waals surface area contributed by atoms with E-state index in [1.54, 1.807) is 23.1 Å². The van der Waals surface area contributed by atoms with Gasteiger partial charge in [0, 0.05) is 53.6 Å². The van der Waals surface area contributed by atoms with Crippen molar-refractivity contribution in [2.75, 3.05) is 23.0 Å². The maximum absolute atomic E-state index is 11.2. The van der Waals surface area contributed by atoms with Crippen LogP contribution in [0, 0.1) is 13.8 Å². The number of nitrogens with zero attached hydrogens (tertiary/aromatic N) is 2. The molecule has 0 fully saturated rings. The van der Waals surface area contributed by atoms with Crippen LogP contribution in [-0.4, -0.2) is 44.0 Å². The Bertz CT molecular complexity index is 1880. The fourth-order valence-corrected chi connectivity index (χ4v) is 8.06. The molecule has 2 aromatic heterocycles. The van der Waals surface area contributed by atoms with Crippen molar-refractivity contribution in [2.45, 2.75) is 51.5 Å². The van der Waals surface area contributed by atoms with Crippen molar-refractivity contribution in [2.24, 2.45) is 0 Å². The van der Waals surface area contributed by atoms with E-state index in [1.165, 1.54) is 0 Å². The molecular formula is C32H37N3O6S4. The first-order valence-electron chi connectivity index (χ1n) is 14.5. The molecule has 240 valence electrons. The minimum Gasteiger partial charge on any atom is -0.748 e. The van der Waals surface area contributed by atoms with Gasteiger partial charge in [-0.3, -0.25) is 0 Å². The average molecular weight is 688 g/mol. The molecule has 0 spiro atoms. The highest BCUT2D eigenvalue weighted by Crippen LogP contribution is 2.47. The zero-order valence-corrected chi connectivity index (χ0v) is 28.7. The van der Waals surface area contributed by atoms with Gasteiger partial charge in [0.2, 0.25) is 5.52 Å². The summed E-state index contributed by atoms with van der Waals surface area (Å²) < 4.78 is 70.4. The number of anilines is 1. The number of pyridine rings is 1. The molecule has 1 aliphatic rings. The van der Waals surface area contributed by atoms with Crippen LogP contribution < -0.4 is 14.5 Å². The van der Waals surface area contributed by atoms with Crippen LogP contribution >= 0.6 is 23.1 Å². The zero-order chi connectivity index (χ0) is 32.6. The van der Waals surface area contributed by atoms with Gasteiger partial charge in [0.1, 0.15) is 4.70 Å². The van der Waals surface area contributed by atoms with Gasteiger partial charge in [-0.15, -0.1) is 0 Å². The Balaban J connectivity index is 0.000000687. The SMILES string of the molecule is CCC(/C=C1\Sc2ccc(C)cc2N1CCCS(=O)(=O)[O-])=C\c1sc2ccc(C)cc2[n+]1CCCS(=O)(=O)[O-].c1cc[nH+]cc1. The van der Waals surface area contributed by atoms with Crippen LogP contribution in [0.15, 0.2) is 88.6 Å². The van der Waals surface area contributed by atoms with Crippen LogP contribution in [0.3, 0.4) is 0 Å². The van der Waals surface area contributed by atoms with Gasteiger partial charge >= 0.3 is 0 Å². The summed E-state index contributed by atoms with van der Waals surface area (Å²) in [5.74, 6) is -0.835. The van der Waals surface area contributed by atoms with E-state index < -0.39 is 31.7 Å². The number of aromatic nitrogens is 2. The predicted molar refractivity (Wildman–Crippen MR) is 179 cm³/mol. The first kappa shape index (κ1) is 34.8. The molecule has 45 heavy (non-hydrogen) atoms. The monoisotopic (exact) mass is 687 g/mol. The van der Waals surface area contributed by atoms with Gasteiger partial charge in [-0.2, -0.15) is 4.57 Å². The molecule has 4 aromatic rings. The third kappa shape index (κ3) is 10.5. The molecule has 0 saturated heterocycles. The van der Waals surface area contributed by atoms with Gasteiger partial charge in [-0.1, -0.05) is 48.2 Å². The van der Waals surface area contributed by atoms with Gasteiger partial charge in [-0.05, 0) is 67.7 Å². The van der Waals surface area contributed by atoms with Crippen molar-refractivity contribution in [1.29, 1.82) is 0 Å². The molecule has 0 saturated carbocycles. The lowest BCUT2D eigenvalue weighted by atomic mass is 10.1. The summed E-state index contributed by atoms with van der Waals surface area (Å²) >= 11 is 3.21. The lowest BCUT2D eigenvalue weighted by Crippen LogP contribution is -2.36. The fraction of sp³-hybridized carbons (Fsp3) is 0.312. The third-order valence-corrected chi connectivity index (χ3v) is 10.8. The molecule has 0 atom stereocenters. The van der Waals surface area contributed by atoms with Crippen molar-refractivity contribution < 1.29 is 35.5 Å². The fourth-order valence-electron chi connectivity index (χ4n) is 4.80. The highest BCUT2D eigenvalue weighted by Gasteiger charge is 2.26. The molecule has 2 aromatic carbocycles. The summed E-state index contributed by atoms with van der Waals surface area (Å²) in [4.78, 5) is 6.03. The van der Waals surface area contributed by atoms with Crippen LogP contribution in [0.4, 0.5) is 5.69 Å². The van der Waals surface area contributed by atoms with E-state index in [0.717, 1.165) is 54.0 Å². The minimum absolute atomic E-state index is 0.223. The maximum Gasteiger partial charge on any atom is 0.263 e. The van der Waals surface area contributed by atoms with E-state index >= 15 is 0 Å². The zero-order valence-electron chi connectivity index (χ0n) is 25.4. The Morgan fingerprint density at radius 1 is 0.933 bits per heavy atom. The second-order valence-electron chi connectivity index (χ2n) is 10.7. The number of benzene rings is 2. The summed E-state index contributed by atoms with van der Waals surface area (Å²) in [6.45, 7) is 6.87. The van der Waals surface area contributed by atoms with Crippen LogP contribution in [0.1, 0.15) is 42.3 Å². The van der Waals surface area contributed by atoms with Crippen molar-refractivity contribution >= 4 is 65.3 Å². The van der Waals surface area contributed by atoms with Gasteiger partial charge in [0.05, 0.1) is 31.0 Å². The number of hydrogen-bond acceptors (Lipinski definition) is 9. The topological polar surface area (TPSA) is 136 Å². The predicted octanol–water partition coefficient (Wildman–Crippen LogP) is 5.42. The highest BCUT2D eigenvalue weighted by molar-refractivity contribution is 8.03. The summed E-state index contributed by atoms with van der Waals surface area (Å²) in [5.41, 5.74) is 5.21. The summed E-state index contributed by atoms with van der Waals surface area (Å²) in [6, 6.07) is 18.2. The second-order valence-corrected chi connectivity index (χ2v) is 15.8. The number of rotatable bonds is 11. The van der Waals surface area contributed by atoms with Gasteiger partial charge < -0.3 is 14.0 Å². The number of thiazole rings is 1. The minimum atomic E-state index is -4.30. The number of aryl methyl sites for hydroxylation is 3. The molecule has 0 aliphatic carbocycles. The Kier molecular flexibility index (Phi) is 12.0. The lowest BCUT2D eigenvalue weighted by Gasteiger charge is -2.21. The van der Waals surface area contributed by atoms with Gasteiger partial charge in [-0.25, -0.2) is 21.8 Å². The van der Waals surface area contributed by atoms with E-state index in [2.05, 4.69) is 57.8 Å². The quantitative estimate of drug-likeness (QED) is 0.151. The van der Waals surface area contributed by atoms with E-state index in [1.807, 2.05) is 56.6 Å². The van der Waals surface area contributed by atoms with E-state index in [0.29, 0.717) is 13.1 Å². The Morgan fingerprint density at radius 2 is 1.60 bits per heavy atom. The number of allylic oxidation sites excluding steroid dienone is 2. The number of thioether (sulfide) groups is 1. The summed E-state index contributed by atoms with van der Waals surface area (Å²) in [6.07, 6.45) is 9.10. The summed E-state index contributed by atoms with van der Waals surface area (Å²) in [7, 11) is -8.60. The van der Waals surface area contributed by atoms with Crippen LogP contribution in [0.5, 0.6) is 0 Å². The Morgan fingerprint density at radius 3 is 2.22 bits per heavy atom. The van der Waals surface area contributed by atoms with Gasteiger partial charge in [0.25, 0.3) is 5.01 Å². The van der Waals surface area contributed by atoms with E-state index in [-0.39, 0.29) is 12.8 Å². The molecule has 3 heterocycles. The van der Waals surface area contributed by atoms with Crippen LogP contribution in [-0.2, 0) is 26.8 Å². The molecule has 1 N–H and O–H groups in total. The molecular weight excluding hydrogens is 651 g/mol.